The van der Waals surface area contributed by atoms with Crippen molar-refractivity contribution >= 4 is 23.1 Å². The topological polar surface area (TPSA) is 80.9 Å². The first-order valence-corrected chi connectivity index (χ1v) is 7.60. The largest absolute Gasteiger partial charge is 0.449 e. The Morgan fingerprint density at radius 3 is 2.73 bits per heavy atom. The van der Waals surface area contributed by atoms with Crippen LogP contribution < -0.4 is 5.32 Å². The first-order chi connectivity index (χ1) is 10.7. The SMILES string of the molecule is CCc1nnsc1C(=O)Nc1ccc(-c2coc(C)n2)cc1. The van der Waals surface area contributed by atoms with E-state index < -0.39 is 0 Å². The van der Waals surface area contributed by atoms with Crippen LogP contribution in [0.3, 0.4) is 0 Å². The van der Waals surface area contributed by atoms with Gasteiger partial charge in [0.1, 0.15) is 16.8 Å². The summed E-state index contributed by atoms with van der Waals surface area (Å²) in [5.74, 6) is 0.439. The molecule has 1 N–H and O–H groups in total. The maximum atomic E-state index is 12.2. The highest BCUT2D eigenvalue weighted by molar-refractivity contribution is 7.08. The molecule has 3 aromatic rings. The summed E-state index contributed by atoms with van der Waals surface area (Å²) in [6, 6.07) is 7.44. The predicted octanol–water partition coefficient (Wildman–Crippen LogP) is 3.32. The van der Waals surface area contributed by atoms with Gasteiger partial charge in [0.05, 0.1) is 5.69 Å². The highest BCUT2D eigenvalue weighted by atomic mass is 32.1. The molecule has 6 nitrogen and oxygen atoms in total. The summed E-state index contributed by atoms with van der Waals surface area (Å²) in [5.41, 5.74) is 3.14. The molecule has 0 unspecified atom stereocenters. The maximum Gasteiger partial charge on any atom is 0.269 e. The summed E-state index contributed by atoms with van der Waals surface area (Å²) in [4.78, 5) is 17.0. The molecule has 112 valence electrons. The Morgan fingerprint density at radius 2 is 2.09 bits per heavy atom. The van der Waals surface area contributed by atoms with Crippen molar-refractivity contribution in [2.75, 3.05) is 5.32 Å². The molecule has 0 aliphatic heterocycles. The number of aryl methyl sites for hydroxylation is 2. The number of carbonyl (C=O) groups is 1. The zero-order chi connectivity index (χ0) is 15.5. The number of oxazole rings is 1. The lowest BCUT2D eigenvalue weighted by atomic mass is 10.1. The Labute approximate surface area is 131 Å². The summed E-state index contributed by atoms with van der Waals surface area (Å²) in [6.45, 7) is 3.74. The highest BCUT2D eigenvalue weighted by Gasteiger charge is 2.15. The standard InChI is InChI=1S/C15H14N4O2S/c1-3-12-14(22-19-18-12)15(20)17-11-6-4-10(5-7-11)13-8-21-9(2)16-13/h4-8H,3H2,1-2H3,(H,17,20). The maximum absolute atomic E-state index is 12.2. The lowest BCUT2D eigenvalue weighted by Crippen LogP contribution is -2.12. The number of hydrogen-bond donors (Lipinski definition) is 1. The van der Waals surface area contributed by atoms with Crippen LogP contribution in [0.5, 0.6) is 0 Å². The smallest absolute Gasteiger partial charge is 0.269 e. The minimum absolute atomic E-state index is 0.183. The molecule has 22 heavy (non-hydrogen) atoms. The Hall–Kier alpha value is -2.54. The normalized spacial score (nSPS) is 10.6. The summed E-state index contributed by atoms with van der Waals surface area (Å²) < 4.78 is 9.02. The van der Waals surface area contributed by atoms with Gasteiger partial charge in [0.15, 0.2) is 5.89 Å². The first kappa shape index (κ1) is 14.4. The quantitative estimate of drug-likeness (QED) is 0.799. The molecule has 0 aliphatic rings. The molecule has 0 saturated heterocycles. The van der Waals surface area contributed by atoms with Crippen molar-refractivity contribution in [1.29, 1.82) is 0 Å². The monoisotopic (exact) mass is 314 g/mol. The Bertz CT molecular complexity index is 792. The van der Waals surface area contributed by atoms with E-state index >= 15 is 0 Å². The molecule has 0 spiro atoms. The van der Waals surface area contributed by atoms with Gasteiger partial charge >= 0.3 is 0 Å². The van der Waals surface area contributed by atoms with Crippen LogP contribution in [0, 0.1) is 6.92 Å². The molecule has 0 fully saturated rings. The molecule has 0 bridgehead atoms. The molecule has 0 aliphatic carbocycles. The minimum atomic E-state index is -0.183. The average Bonchev–Trinajstić information content (AvgIpc) is 3.16. The number of carbonyl (C=O) groups excluding carboxylic acids is 1. The molecular weight excluding hydrogens is 300 g/mol. The molecular formula is C15H14N4O2S. The number of hydrogen-bond acceptors (Lipinski definition) is 6. The van der Waals surface area contributed by atoms with Crippen LogP contribution in [0.25, 0.3) is 11.3 Å². The molecule has 7 heteroatoms. The van der Waals surface area contributed by atoms with Gasteiger partial charge in [0.25, 0.3) is 5.91 Å². The van der Waals surface area contributed by atoms with Crippen LogP contribution >= 0.6 is 11.5 Å². The van der Waals surface area contributed by atoms with Crippen molar-refractivity contribution in [1.82, 2.24) is 14.6 Å². The van der Waals surface area contributed by atoms with Gasteiger partial charge < -0.3 is 9.73 Å². The third kappa shape index (κ3) is 2.89. The summed E-state index contributed by atoms with van der Waals surface area (Å²) >= 11 is 1.11. The second-order valence-electron chi connectivity index (χ2n) is 4.69. The molecule has 2 heterocycles. The molecule has 0 atom stereocenters. The third-order valence-corrected chi connectivity index (χ3v) is 3.92. The van der Waals surface area contributed by atoms with E-state index in [-0.39, 0.29) is 5.91 Å². The van der Waals surface area contributed by atoms with Gasteiger partial charge in [-0.05, 0) is 30.1 Å². The van der Waals surface area contributed by atoms with Crippen LogP contribution in [0.1, 0.15) is 28.2 Å². The Morgan fingerprint density at radius 1 is 1.32 bits per heavy atom. The van der Waals surface area contributed by atoms with E-state index in [1.54, 1.807) is 13.2 Å². The number of nitrogens with one attached hydrogen (secondary N) is 1. The number of aromatic nitrogens is 3. The van der Waals surface area contributed by atoms with Crippen molar-refractivity contribution in [2.24, 2.45) is 0 Å². The second kappa shape index (κ2) is 6.07. The third-order valence-electron chi connectivity index (χ3n) is 3.15. The Balaban J connectivity index is 1.75. The van der Waals surface area contributed by atoms with Gasteiger partial charge in [0.2, 0.25) is 0 Å². The summed E-state index contributed by atoms with van der Waals surface area (Å²) in [7, 11) is 0. The van der Waals surface area contributed by atoms with Gasteiger partial charge in [-0.2, -0.15) is 0 Å². The van der Waals surface area contributed by atoms with Crippen LogP contribution in [0.4, 0.5) is 5.69 Å². The van der Waals surface area contributed by atoms with E-state index in [0.29, 0.717) is 22.9 Å². The van der Waals surface area contributed by atoms with Gasteiger partial charge in [-0.1, -0.05) is 23.5 Å². The van der Waals surface area contributed by atoms with Crippen molar-refractivity contribution in [3.05, 3.63) is 47.0 Å². The van der Waals surface area contributed by atoms with E-state index in [2.05, 4.69) is 19.9 Å². The molecule has 3 rings (SSSR count). The highest BCUT2D eigenvalue weighted by Crippen LogP contribution is 2.21. The lowest BCUT2D eigenvalue weighted by molar-refractivity contribution is 0.102. The molecule has 1 aromatic carbocycles. The second-order valence-corrected chi connectivity index (χ2v) is 5.44. The van der Waals surface area contributed by atoms with Gasteiger partial charge in [-0.25, -0.2) is 4.98 Å². The van der Waals surface area contributed by atoms with Gasteiger partial charge in [-0.15, -0.1) is 5.10 Å². The molecule has 0 radical (unpaired) electrons. The van der Waals surface area contributed by atoms with Crippen molar-refractivity contribution < 1.29 is 9.21 Å². The Kier molecular flexibility index (Phi) is 3.97. The van der Waals surface area contributed by atoms with Crippen molar-refractivity contribution in [2.45, 2.75) is 20.3 Å². The molecule has 2 aromatic heterocycles. The van der Waals surface area contributed by atoms with Crippen molar-refractivity contribution in [3.8, 4) is 11.3 Å². The van der Waals surface area contributed by atoms with Gasteiger partial charge in [-0.3, -0.25) is 4.79 Å². The minimum Gasteiger partial charge on any atom is -0.449 e. The fourth-order valence-corrected chi connectivity index (χ4v) is 2.67. The zero-order valence-corrected chi connectivity index (χ0v) is 13.0. The fraction of sp³-hybridized carbons (Fsp3) is 0.200. The zero-order valence-electron chi connectivity index (χ0n) is 12.2. The average molecular weight is 314 g/mol. The van der Waals surface area contributed by atoms with Crippen LogP contribution in [-0.4, -0.2) is 20.5 Å². The number of benzene rings is 1. The summed E-state index contributed by atoms with van der Waals surface area (Å²) in [6.07, 6.45) is 2.29. The number of nitrogens with zero attached hydrogens (tertiary/aromatic N) is 3. The molecule has 0 saturated carbocycles. The van der Waals surface area contributed by atoms with Gasteiger partial charge in [0, 0.05) is 18.2 Å². The van der Waals surface area contributed by atoms with Crippen LogP contribution in [-0.2, 0) is 6.42 Å². The van der Waals surface area contributed by atoms with Crippen LogP contribution in [0.2, 0.25) is 0 Å². The van der Waals surface area contributed by atoms with E-state index in [4.69, 9.17) is 4.42 Å². The predicted molar refractivity (Wildman–Crippen MR) is 83.9 cm³/mol. The van der Waals surface area contributed by atoms with Crippen LogP contribution in [0.15, 0.2) is 34.9 Å². The lowest BCUT2D eigenvalue weighted by Gasteiger charge is -2.04. The van der Waals surface area contributed by atoms with E-state index in [1.165, 1.54) is 0 Å². The number of rotatable bonds is 4. The van der Waals surface area contributed by atoms with Crippen molar-refractivity contribution in [3.63, 3.8) is 0 Å². The van der Waals surface area contributed by atoms with E-state index in [9.17, 15) is 4.79 Å². The first-order valence-electron chi connectivity index (χ1n) is 6.82. The number of amides is 1. The van der Waals surface area contributed by atoms with E-state index in [0.717, 1.165) is 28.5 Å². The summed E-state index contributed by atoms with van der Waals surface area (Å²) in [5, 5.41) is 6.79. The fourth-order valence-electron chi connectivity index (χ4n) is 2.02. The number of anilines is 1. The van der Waals surface area contributed by atoms with E-state index in [1.807, 2.05) is 31.2 Å². The molecule has 1 amide bonds.